The Kier molecular flexibility index (Phi) is 5.38. The lowest BCUT2D eigenvalue weighted by Gasteiger charge is -2.27. The van der Waals surface area contributed by atoms with E-state index in [0.29, 0.717) is 12.1 Å². The van der Waals surface area contributed by atoms with Gasteiger partial charge in [0.1, 0.15) is 5.82 Å². The number of rotatable bonds is 6. The summed E-state index contributed by atoms with van der Waals surface area (Å²) in [6.45, 7) is 5.25. The van der Waals surface area contributed by atoms with Crippen LogP contribution in [-0.4, -0.2) is 31.9 Å². The van der Waals surface area contributed by atoms with E-state index < -0.39 is 0 Å². The van der Waals surface area contributed by atoms with Crippen LogP contribution in [0.15, 0.2) is 18.2 Å². The number of likely N-dealkylation sites (N-methyl/N-ethyl adjacent to an activating group) is 1. The molecule has 96 valence electrons. The smallest absolute Gasteiger partial charge is 0.130 e. The average molecular weight is 240 g/mol. The molecule has 2 N–H and O–H groups in total. The molecule has 1 aromatic carbocycles. The molecule has 0 spiro atoms. The molecule has 0 aromatic heterocycles. The first-order valence-corrected chi connectivity index (χ1v) is 5.97. The van der Waals surface area contributed by atoms with E-state index in [1.165, 1.54) is 6.07 Å². The summed E-state index contributed by atoms with van der Waals surface area (Å²) in [6, 6.07) is 5.01. The molecule has 0 aliphatic heterocycles. The fourth-order valence-corrected chi connectivity index (χ4v) is 1.94. The van der Waals surface area contributed by atoms with E-state index in [2.05, 4.69) is 5.32 Å². The first-order valence-electron chi connectivity index (χ1n) is 5.97. The van der Waals surface area contributed by atoms with Crippen molar-refractivity contribution in [2.45, 2.75) is 19.9 Å². The van der Waals surface area contributed by atoms with Gasteiger partial charge < -0.3 is 15.3 Å². The lowest BCUT2D eigenvalue weighted by atomic mass is 10.0. The molecule has 3 nitrogen and oxygen atoms in total. The predicted octanol–water partition coefficient (Wildman–Crippen LogP) is 1.92. The van der Waals surface area contributed by atoms with Crippen molar-refractivity contribution in [3.8, 4) is 0 Å². The number of hydrogen-bond acceptors (Lipinski definition) is 3. The molecule has 1 unspecified atom stereocenters. The second kappa shape index (κ2) is 6.57. The Labute approximate surface area is 102 Å². The molecule has 0 amide bonds. The normalized spacial score (nSPS) is 12.5. The minimum absolute atomic E-state index is 0.0565. The van der Waals surface area contributed by atoms with Crippen molar-refractivity contribution < 1.29 is 9.50 Å². The summed E-state index contributed by atoms with van der Waals surface area (Å²) >= 11 is 0. The van der Waals surface area contributed by atoms with Gasteiger partial charge in [0.15, 0.2) is 0 Å². The van der Waals surface area contributed by atoms with Crippen LogP contribution in [0.5, 0.6) is 0 Å². The van der Waals surface area contributed by atoms with Crippen molar-refractivity contribution in [1.82, 2.24) is 5.32 Å². The standard InChI is InChI=1S/C13H21FN2O/c1-4-16(8-9-17)12-7-5-6-11(14)13(12)10(2)15-3/h5-7,10,15,17H,4,8-9H2,1-3H3. The molecule has 17 heavy (non-hydrogen) atoms. The van der Waals surface area contributed by atoms with E-state index in [-0.39, 0.29) is 18.5 Å². The highest BCUT2D eigenvalue weighted by atomic mass is 19.1. The number of anilines is 1. The first kappa shape index (κ1) is 13.9. The first-order chi connectivity index (χ1) is 8.15. The van der Waals surface area contributed by atoms with Gasteiger partial charge in [-0.3, -0.25) is 0 Å². The maximum Gasteiger partial charge on any atom is 0.130 e. The third-order valence-electron chi connectivity index (χ3n) is 2.99. The van der Waals surface area contributed by atoms with E-state index in [0.717, 1.165) is 12.2 Å². The SMILES string of the molecule is CCN(CCO)c1cccc(F)c1C(C)NC. The van der Waals surface area contributed by atoms with Crippen molar-refractivity contribution in [2.24, 2.45) is 0 Å². The maximum absolute atomic E-state index is 13.9. The van der Waals surface area contributed by atoms with Gasteiger partial charge in [0, 0.05) is 30.4 Å². The molecule has 1 aromatic rings. The van der Waals surface area contributed by atoms with Crippen molar-refractivity contribution in [3.05, 3.63) is 29.6 Å². The summed E-state index contributed by atoms with van der Waals surface area (Å²) in [5, 5.41) is 12.1. The quantitative estimate of drug-likeness (QED) is 0.797. The Morgan fingerprint density at radius 3 is 2.71 bits per heavy atom. The van der Waals surface area contributed by atoms with Gasteiger partial charge in [0.25, 0.3) is 0 Å². The van der Waals surface area contributed by atoms with Crippen LogP contribution in [-0.2, 0) is 0 Å². The van der Waals surface area contributed by atoms with Gasteiger partial charge in [-0.25, -0.2) is 4.39 Å². The Morgan fingerprint density at radius 1 is 1.47 bits per heavy atom. The second-order valence-electron chi connectivity index (χ2n) is 3.99. The Morgan fingerprint density at radius 2 is 2.18 bits per heavy atom. The summed E-state index contributed by atoms with van der Waals surface area (Å²) in [5.74, 6) is -0.208. The number of aliphatic hydroxyl groups excluding tert-OH is 1. The Bertz CT molecular complexity index is 357. The molecule has 0 aliphatic carbocycles. The maximum atomic E-state index is 13.9. The second-order valence-corrected chi connectivity index (χ2v) is 3.99. The fraction of sp³-hybridized carbons (Fsp3) is 0.538. The van der Waals surface area contributed by atoms with Crippen LogP contribution in [0.3, 0.4) is 0 Å². The third kappa shape index (κ3) is 3.17. The molecule has 1 rings (SSSR count). The summed E-state index contributed by atoms with van der Waals surface area (Å²) in [5.41, 5.74) is 1.51. The molecule has 0 radical (unpaired) electrons. The van der Waals surface area contributed by atoms with Crippen LogP contribution in [0.2, 0.25) is 0 Å². The number of nitrogens with one attached hydrogen (secondary N) is 1. The van der Waals surface area contributed by atoms with Crippen LogP contribution < -0.4 is 10.2 Å². The molecule has 1 atom stereocenters. The Hall–Kier alpha value is -1.13. The minimum Gasteiger partial charge on any atom is -0.395 e. The van der Waals surface area contributed by atoms with Gasteiger partial charge in [-0.1, -0.05) is 6.07 Å². The monoisotopic (exact) mass is 240 g/mol. The summed E-state index contributed by atoms with van der Waals surface area (Å²) < 4.78 is 13.9. The molecular weight excluding hydrogens is 219 g/mol. The van der Waals surface area contributed by atoms with Gasteiger partial charge in [-0.2, -0.15) is 0 Å². The number of aliphatic hydroxyl groups is 1. The predicted molar refractivity (Wildman–Crippen MR) is 68.8 cm³/mol. The lowest BCUT2D eigenvalue weighted by Crippen LogP contribution is -2.29. The van der Waals surface area contributed by atoms with Gasteiger partial charge in [-0.05, 0) is 33.0 Å². The van der Waals surface area contributed by atoms with E-state index in [1.807, 2.05) is 31.9 Å². The van der Waals surface area contributed by atoms with Crippen molar-refractivity contribution in [1.29, 1.82) is 0 Å². The average Bonchev–Trinajstić information content (AvgIpc) is 2.34. The zero-order valence-electron chi connectivity index (χ0n) is 10.7. The fourth-order valence-electron chi connectivity index (χ4n) is 1.94. The topological polar surface area (TPSA) is 35.5 Å². The van der Waals surface area contributed by atoms with Gasteiger partial charge >= 0.3 is 0 Å². The van der Waals surface area contributed by atoms with E-state index in [1.54, 1.807) is 6.07 Å². The number of benzene rings is 1. The summed E-state index contributed by atoms with van der Waals surface area (Å²) in [4.78, 5) is 1.98. The van der Waals surface area contributed by atoms with Gasteiger partial charge in [0.2, 0.25) is 0 Å². The molecule has 0 fully saturated rings. The molecule has 0 saturated carbocycles. The van der Waals surface area contributed by atoms with Crippen LogP contribution in [0, 0.1) is 5.82 Å². The minimum atomic E-state index is -0.208. The lowest BCUT2D eigenvalue weighted by molar-refractivity contribution is 0.302. The largest absolute Gasteiger partial charge is 0.395 e. The van der Waals surface area contributed by atoms with Gasteiger partial charge in [0.05, 0.1) is 6.61 Å². The molecule has 0 bridgehead atoms. The Balaban J connectivity index is 3.16. The highest BCUT2D eigenvalue weighted by Crippen LogP contribution is 2.28. The van der Waals surface area contributed by atoms with Crippen molar-refractivity contribution in [2.75, 3.05) is 31.6 Å². The molecular formula is C13H21FN2O. The summed E-state index contributed by atoms with van der Waals surface area (Å²) in [6.07, 6.45) is 0. The highest BCUT2D eigenvalue weighted by molar-refractivity contribution is 5.55. The zero-order chi connectivity index (χ0) is 12.8. The van der Waals surface area contributed by atoms with Crippen LogP contribution in [0.25, 0.3) is 0 Å². The zero-order valence-corrected chi connectivity index (χ0v) is 10.7. The summed E-state index contributed by atoms with van der Waals surface area (Å²) in [7, 11) is 1.81. The van der Waals surface area contributed by atoms with Crippen LogP contribution in [0.4, 0.5) is 10.1 Å². The van der Waals surface area contributed by atoms with E-state index >= 15 is 0 Å². The van der Waals surface area contributed by atoms with Crippen LogP contribution in [0.1, 0.15) is 25.5 Å². The van der Waals surface area contributed by atoms with Crippen molar-refractivity contribution in [3.63, 3.8) is 0 Å². The van der Waals surface area contributed by atoms with Crippen molar-refractivity contribution >= 4 is 5.69 Å². The number of halogens is 1. The molecule has 4 heteroatoms. The van der Waals surface area contributed by atoms with E-state index in [4.69, 9.17) is 5.11 Å². The molecule has 0 saturated heterocycles. The van der Waals surface area contributed by atoms with E-state index in [9.17, 15) is 4.39 Å². The number of hydrogen-bond donors (Lipinski definition) is 2. The highest BCUT2D eigenvalue weighted by Gasteiger charge is 2.17. The van der Waals surface area contributed by atoms with Crippen LogP contribution >= 0.6 is 0 Å². The molecule has 0 aliphatic rings. The molecule has 0 heterocycles. The van der Waals surface area contributed by atoms with Gasteiger partial charge in [-0.15, -0.1) is 0 Å². The third-order valence-corrected chi connectivity index (χ3v) is 2.99. The number of nitrogens with zero attached hydrogens (tertiary/aromatic N) is 1.